The Hall–Kier alpha value is -2.98. The molecule has 3 amide bonds. The standard InChI is InChI=1S/C23H27FN4O4S/c24-18-9-11-19(12-10-18)33(31,32)28-15-5-6-17(16-28)22(29)25-20-7-1-2-8-21(20)26-23(30)27-13-3-4-14-27/h1-2,7-12,17H,3-6,13-16H2,(H,25,29)(H,26,30). The number of hydrogen-bond donors (Lipinski definition) is 2. The third-order valence-corrected chi connectivity index (χ3v) is 7.91. The summed E-state index contributed by atoms with van der Waals surface area (Å²) in [7, 11) is -3.83. The van der Waals surface area contributed by atoms with Gasteiger partial charge in [0.2, 0.25) is 15.9 Å². The van der Waals surface area contributed by atoms with Crippen molar-refractivity contribution in [2.75, 3.05) is 36.8 Å². The molecule has 2 aromatic rings. The zero-order valence-electron chi connectivity index (χ0n) is 18.2. The second kappa shape index (κ2) is 9.88. The molecule has 0 aliphatic carbocycles. The molecular formula is C23H27FN4O4S. The molecule has 4 rings (SSSR count). The van der Waals surface area contributed by atoms with E-state index in [0.717, 1.165) is 25.0 Å². The molecule has 0 aromatic heterocycles. The number of anilines is 2. The quantitative estimate of drug-likeness (QED) is 0.693. The van der Waals surface area contributed by atoms with Crippen molar-refractivity contribution in [2.24, 2.45) is 5.92 Å². The SMILES string of the molecule is O=C(Nc1ccccc1NC(=O)N1CCCC1)C1CCCN(S(=O)(=O)c2ccc(F)cc2)C1. The Morgan fingerprint density at radius 1 is 0.879 bits per heavy atom. The first-order valence-electron chi connectivity index (χ1n) is 11.1. The summed E-state index contributed by atoms with van der Waals surface area (Å²) in [5.41, 5.74) is 0.961. The molecule has 2 aliphatic heterocycles. The topological polar surface area (TPSA) is 98.8 Å². The number of nitrogens with one attached hydrogen (secondary N) is 2. The largest absolute Gasteiger partial charge is 0.325 e. The average Bonchev–Trinajstić information content (AvgIpc) is 3.36. The maximum atomic E-state index is 13.2. The van der Waals surface area contributed by atoms with Crippen molar-refractivity contribution >= 4 is 33.3 Å². The fourth-order valence-electron chi connectivity index (χ4n) is 4.18. The lowest BCUT2D eigenvalue weighted by Crippen LogP contribution is -2.43. The second-order valence-corrected chi connectivity index (χ2v) is 10.3. The van der Waals surface area contributed by atoms with E-state index in [9.17, 15) is 22.4 Å². The van der Waals surface area contributed by atoms with Crippen LogP contribution in [0.4, 0.5) is 20.6 Å². The van der Waals surface area contributed by atoms with Gasteiger partial charge in [0.05, 0.1) is 22.2 Å². The van der Waals surface area contributed by atoms with Crippen LogP contribution >= 0.6 is 0 Å². The number of para-hydroxylation sites is 2. The molecule has 2 saturated heterocycles. The predicted molar refractivity (Wildman–Crippen MR) is 123 cm³/mol. The molecule has 2 heterocycles. The Morgan fingerprint density at radius 3 is 2.18 bits per heavy atom. The smallest absolute Gasteiger partial charge is 0.321 e. The summed E-state index contributed by atoms with van der Waals surface area (Å²) in [6, 6.07) is 11.4. The summed E-state index contributed by atoms with van der Waals surface area (Å²) in [5, 5.41) is 5.71. The van der Waals surface area contributed by atoms with Crippen molar-refractivity contribution in [1.29, 1.82) is 0 Å². The van der Waals surface area contributed by atoms with Crippen molar-refractivity contribution in [3.63, 3.8) is 0 Å². The van der Waals surface area contributed by atoms with Gasteiger partial charge >= 0.3 is 6.03 Å². The molecule has 1 unspecified atom stereocenters. The highest BCUT2D eigenvalue weighted by molar-refractivity contribution is 7.89. The van der Waals surface area contributed by atoms with Gasteiger partial charge in [-0.1, -0.05) is 12.1 Å². The first kappa shape index (κ1) is 23.2. The number of benzene rings is 2. The number of sulfonamides is 1. The van der Waals surface area contributed by atoms with E-state index in [1.165, 1.54) is 16.4 Å². The van der Waals surface area contributed by atoms with Crippen LogP contribution in [0.1, 0.15) is 25.7 Å². The van der Waals surface area contributed by atoms with E-state index in [1.54, 1.807) is 29.2 Å². The second-order valence-electron chi connectivity index (χ2n) is 8.32. The number of halogens is 1. The Balaban J connectivity index is 1.43. The fourth-order valence-corrected chi connectivity index (χ4v) is 5.70. The van der Waals surface area contributed by atoms with Crippen molar-refractivity contribution in [3.05, 3.63) is 54.3 Å². The molecule has 0 radical (unpaired) electrons. The number of nitrogens with zero attached hydrogens (tertiary/aromatic N) is 2. The highest BCUT2D eigenvalue weighted by Crippen LogP contribution is 2.27. The third kappa shape index (κ3) is 5.33. The van der Waals surface area contributed by atoms with Crippen molar-refractivity contribution in [2.45, 2.75) is 30.6 Å². The average molecular weight is 475 g/mol. The first-order valence-corrected chi connectivity index (χ1v) is 12.5. The minimum Gasteiger partial charge on any atom is -0.325 e. The van der Waals surface area contributed by atoms with Crippen LogP contribution in [-0.4, -0.2) is 55.7 Å². The summed E-state index contributed by atoms with van der Waals surface area (Å²) < 4.78 is 40.4. The van der Waals surface area contributed by atoms with Gasteiger partial charge in [0.1, 0.15) is 5.82 Å². The van der Waals surface area contributed by atoms with Crippen LogP contribution < -0.4 is 10.6 Å². The Morgan fingerprint density at radius 2 is 1.52 bits per heavy atom. The number of likely N-dealkylation sites (tertiary alicyclic amines) is 1. The van der Waals surface area contributed by atoms with Crippen molar-refractivity contribution in [3.8, 4) is 0 Å². The van der Waals surface area contributed by atoms with E-state index in [4.69, 9.17) is 0 Å². The maximum absolute atomic E-state index is 13.2. The van der Waals surface area contributed by atoms with Crippen molar-refractivity contribution < 1.29 is 22.4 Å². The number of urea groups is 1. The minimum absolute atomic E-state index is 0.0000658. The Bertz CT molecular complexity index is 1120. The molecule has 2 aliphatic rings. The minimum atomic E-state index is -3.83. The lowest BCUT2D eigenvalue weighted by atomic mass is 9.98. The predicted octanol–water partition coefficient (Wildman–Crippen LogP) is 3.49. The molecule has 2 N–H and O–H groups in total. The molecule has 2 fully saturated rings. The number of amides is 3. The van der Waals surface area contributed by atoms with E-state index in [1.807, 2.05) is 0 Å². The summed E-state index contributed by atoms with van der Waals surface area (Å²) in [6.07, 6.45) is 3.03. The molecule has 1 atom stereocenters. The van der Waals surface area contributed by atoms with E-state index < -0.39 is 21.8 Å². The molecule has 176 valence electrons. The highest BCUT2D eigenvalue weighted by Gasteiger charge is 2.33. The molecule has 0 saturated carbocycles. The Kier molecular flexibility index (Phi) is 6.94. The lowest BCUT2D eigenvalue weighted by Gasteiger charge is -2.31. The molecule has 33 heavy (non-hydrogen) atoms. The van der Waals surface area contributed by atoms with Gasteiger partial charge in [-0.3, -0.25) is 4.79 Å². The van der Waals surface area contributed by atoms with Gasteiger partial charge in [0.15, 0.2) is 0 Å². The van der Waals surface area contributed by atoms with Crippen LogP contribution in [0.5, 0.6) is 0 Å². The number of carbonyl (C=O) groups excluding carboxylic acids is 2. The van der Waals surface area contributed by atoms with Crippen LogP contribution in [-0.2, 0) is 14.8 Å². The third-order valence-electron chi connectivity index (χ3n) is 6.03. The van der Waals surface area contributed by atoms with Crippen LogP contribution in [0.15, 0.2) is 53.4 Å². The molecule has 10 heteroatoms. The van der Waals surface area contributed by atoms with E-state index in [2.05, 4.69) is 10.6 Å². The number of rotatable bonds is 5. The van der Waals surface area contributed by atoms with Crippen LogP contribution in [0.2, 0.25) is 0 Å². The first-order chi connectivity index (χ1) is 15.8. The van der Waals surface area contributed by atoms with Gasteiger partial charge in [0.25, 0.3) is 0 Å². The van der Waals surface area contributed by atoms with Gasteiger partial charge in [-0.2, -0.15) is 4.31 Å². The van der Waals surface area contributed by atoms with Gasteiger partial charge in [-0.05, 0) is 62.1 Å². The highest BCUT2D eigenvalue weighted by atomic mass is 32.2. The number of carbonyl (C=O) groups is 2. The fraction of sp³-hybridized carbons (Fsp3) is 0.391. The van der Waals surface area contributed by atoms with Crippen LogP contribution in [0.3, 0.4) is 0 Å². The van der Waals surface area contributed by atoms with E-state index >= 15 is 0 Å². The molecular weight excluding hydrogens is 447 g/mol. The number of hydrogen-bond acceptors (Lipinski definition) is 4. The normalized spacial score (nSPS) is 19.3. The maximum Gasteiger partial charge on any atom is 0.321 e. The zero-order chi connectivity index (χ0) is 23.4. The molecule has 0 bridgehead atoms. The lowest BCUT2D eigenvalue weighted by molar-refractivity contribution is -0.120. The summed E-state index contributed by atoms with van der Waals surface area (Å²) in [4.78, 5) is 27.2. The monoisotopic (exact) mass is 474 g/mol. The van der Waals surface area contributed by atoms with Crippen molar-refractivity contribution in [1.82, 2.24) is 9.21 Å². The summed E-state index contributed by atoms with van der Waals surface area (Å²) >= 11 is 0. The molecule has 0 spiro atoms. The zero-order valence-corrected chi connectivity index (χ0v) is 19.0. The molecule has 2 aromatic carbocycles. The van der Waals surface area contributed by atoms with Crippen LogP contribution in [0.25, 0.3) is 0 Å². The summed E-state index contributed by atoms with van der Waals surface area (Å²) in [5.74, 6) is -1.37. The van der Waals surface area contributed by atoms with Gasteiger partial charge < -0.3 is 15.5 Å². The van der Waals surface area contributed by atoms with Gasteiger partial charge in [0, 0.05) is 26.2 Å². The van der Waals surface area contributed by atoms with Gasteiger partial charge in [-0.15, -0.1) is 0 Å². The number of piperidine rings is 1. The van der Waals surface area contributed by atoms with E-state index in [0.29, 0.717) is 43.9 Å². The van der Waals surface area contributed by atoms with Gasteiger partial charge in [-0.25, -0.2) is 17.6 Å². The van der Waals surface area contributed by atoms with E-state index in [-0.39, 0.29) is 23.4 Å². The molecule has 8 nitrogen and oxygen atoms in total. The summed E-state index contributed by atoms with van der Waals surface area (Å²) in [6.45, 7) is 1.75. The Labute approximate surface area is 192 Å². The van der Waals surface area contributed by atoms with Crippen LogP contribution in [0, 0.1) is 11.7 Å².